The quantitative estimate of drug-likeness (QED) is 0.0858. The minimum Gasteiger partial charge on any atom is -0.469 e. The van der Waals surface area contributed by atoms with Crippen molar-refractivity contribution >= 4 is 5.97 Å². The minimum absolute atomic E-state index is 0.0728. The molecule has 31 heavy (non-hydrogen) atoms. The van der Waals surface area contributed by atoms with Crippen LogP contribution in [0.15, 0.2) is 24.3 Å². The molecule has 0 N–H and O–H groups in total. The second-order valence-corrected chi connectivity index (χ2v) is 9.08. The van der Waals surface area contributed by atoms with Crippen molar-refractivity contribution in [3.8, 4) is 0 Å². The van der Waals surface area contributed by atoms with Crippen LogP contribution < -0.4 is 0 Å². The SMILES string of the molecule is CCCCCCCCC=CCCCCCCCC=CCCCCCCCCC(=O)OC. The molecule has 2 heteroatoms. The van der Waals surface area contributed by atoms with E-state index in [2.05, 4.69) is 36.0 Å². The molecule has 0 aliphatic heterocycles. The third-order valence-corrected chi connectivity index (χ3v) is 6.03. The summed E-state index contributed by atoms with van der Waals surface area (Å²) >= 11 is 0. The van der Waals surface area contributed by atoms with Crippen LogP contribution in [0.5, 0.6) is 0 Å². The van der Waals surface area contributed by atoms with Gasteiger partial charge in [-0.2, -0.15) is 0 Å². The molecule has 0 saturated heterocycles. The lowest BCUT2D eigenvalue weighted by Crippen LogP contribution is -1.99. The van der Waals surface area contributed by atoms with Crippen molar-refractivity contribution in [2.75, 3.05) is 7.11 Å². The van der Waals surface area contributed by atoms with Gasteiger partial charge in [0, 0.05) is 6.42 Å². The topological polar surface area (TPSA) is 26.3 Å². The minimum atomic E-state index is -0.0728. The molecule has 0 aromatic rings. The van der Waals surface area contributed by atoms with Crippen LogP contribution >= 0.6 is 0 Å². The maximum Gasteiger partial charge on any atom is 0.305 e. The molecular weight excluding hydrogens is 380 g/mol. The molecule has 0 atom stereocenters. The summed E-state index contributed by atoms with van der Waals surface area (Å²) in [6.07, 6.45) is 37.8. The van der Waals surface area contributed by atoms with Crippen LogP contribution in [0.3, 0.4) is 0 Å². The lowest BCUT2D eigenvalue weighted by atomic mass is 10.1. The molecule has 182 valence electrons. The van der Waals surface area contributed by atoms with Gasteiger partial charge in [0.15, 0.2) is 0 Å². The Balaban J connectivity index is 3.16. The number of hydrogen-bond acceptors (Lipinski definition) is 2. The van der Waals surface area contributed by atoms with Crippen molar-refractivity contribution < 1.29 is 9.53 Å². The summed E-state index contributed by atoms with van der Waals surface area (Å²) in [5, 5.41) is 0. The maximum absolute atomic E-state index is 11.0. The van der Waals surface area contributed by atoms with E-state index in [-0.39, 0.29) is 5.97 Å². The summed E-state index contributed by atoms with van der Waals surface area (Å²) in [7, 11) is 1.47. The molecular formula is C29H54O2. The molecule has 0 aromatic heterocycles. The molecule has 0 unspecified atom stereocenters. The molecule has 0 aromatic carbocycles. The number of carbonyl (C=O) groups is 1. The van der Waals surface area contributed by atoms with Gasteiger partial charge in [-0.3, -0.25) is 4.79 Å². The Morgan fingerprint density at radius 1 is 0.516 bits per heavy atom. The van der Waals surface area contributed by atoms with Gasteiger partial charge in [0.05, 0.1) is 7.11 Å². The molecule has 0 amide bonds. The Morgan fingerprint density at radius 2 is 0.839 bits per heavy atom. The first-order valence-corrected chi connectivity index (χ1v) is 13.7. The zero-order chi connectivity index (χ0) is 22.7. The second-order valence-electron chi connectivity index (χ2n) is 9.08. The maximum atomic E-state index is 11.0. The van der Waals surface area contributed by atoms with E-state index in [4.69, 9.17) is 0 Å². The first-order chi connectivity index (χ1) is 15.3. The Kier molecular flexibility index (Phi) is 26.1. The van der Waals surface area contributed by atoms with Gasteiger partial charge in [-0.1, -0.05) is 108 Å². The summed E-state index contributed by atoms with van der Waals surface area (Å²) in [5.74, 6) is -0.0728. The van der Waals surface area contributed by atoms with Gasteiger partial charge >= 0.3 is 5.97 Å². The van der Waals surface area contributed by atoms with Crippen LogP contribution in [-0.4, -0.2) is 13.1 Å². The zero-order valence-electron chi connectivity index (χ0n) is 21.2. The average Bonchev–Trinajstić information content (AvgIpc) is 2.78. The van der Waals surface area contributed by atoms with Crippen molar-refractivity contribution in [2.45, 2.75) is 148 Å². The Labute approximate surface area is 195 Å². The second kappa shape index (κ2) is 27.0. The first-order valence-electron chi connectivity index (χ1n) is 13.7. The molecule has 0 radical (unpaired) electrons. The van der Waals surface area contributed by atoms with E-state index in [1.54, 1.807) is 0 Å². The fourth-order valence-electron chi connectivity index (χ4n) is 3.91. The van der Waals surface area contributed by atoms with E-state index in [0.29, 0.717) is 6.42 Å². The van der Waals surface area contributed by atoms with E-state index in [1.165, 1.54) is 129 Å². The van der Waals surface area contributed by atoms with Gasteiger partial charge in [0.2, 0.25) is 0 Å². The average molecular weight is 435 g/mol. The van der Waals surface area contributed by atoms with Crippen LogP contribution in [0.4, 0.5) is 0 Å². The van der Waals surface area contributed by atoms with Crippen molar-refractivity contribution in [3.05, 3.63) is 24.3 Å². The third kappa shape index (κ3) is 26.9. The fraction of sp³-hybridized carbons (Fsp3) is 0.828. The number of allylic oxidation sites excluding steroid dienone is 4. The lowest BCUT2D eigenvalue weighted by molar-refractivity contribution is -0.140. The van der Waals surface area contributed by atoms with E-state index in [1.807, 2.05) is 0 Å². The predicted octanol–water partition coefficient (Wildman–Crippen LogP) is 9.87. The number of methoxy groups -OCH3 is 1. The van der Waals surface area contributed by atoms with Gasteiger partial charge in [-0.25, -0.2) is 0 Å². The highest BCUT2D eigenvalue weighted by Gasteiger charge is 1.98. The molecule has 0 fully saturated rings. The van der Waals surface area contributed by atoms with E-state index in [0.717, 1.165) is 12.8 Å². The van der Waals surface area contributed by atoms with Crippen molar-refractivity contribution in [2.24, 2.45) is 0 Å². The molecule has 0 bridgehead atoms. The molecule has 0 heterocycles. The molecule has 0 saturated carbocycles. The molecule has 0 aliphatic carbocycles. The van der Waals surface area contributed by atoms with E-state index in [9.17, 15) is 4.79 Å². The summed E-state index contributed by atoms with van der Waals surface area (Å²) in [6, 6.07) is 0. The number of ether oxygens (including phenoxy) is 1. The largest absolute Gasteiger partial charge is 0.469 e. The predicted molar refractivity (Wildman–Crippen MR) is 138 cm³/mol. The number of carbonyl (C=O) groups excluding carboxylic acids is 1. The van der Waals surface area contributed by atoms with Crippen molar-refractivity contribution in [1.82, 2.24) is 0 Å². The Morgan fingerprint density at radius 3 is 1.19 bits per heavy atom. The lowest BCUT2D eigenvalue weighted by Gasteiger charge is -2.01. The van der Waals surface area contributed by atoms with Gasteiger partial charge < -0.3 is 4.74 Å². The number of hydrogen-bond donors (Lipinski definition) is 0. The van der Waals surface area contributed by atoms with Gasteiger partial charge in [0.25, 0.3) is 0 Å². The van der Waals surface area contributed by atoms with Crippen LogP contribution in [0.1, 0.15) is 148 Å². The summed E-state index contributed by atoms with van der Waals surface area (Å²) in [6.45, 7) is 2.28. The van der Waals surface area contributed by atoms with Gasteiger partial charge in [-0.15, -0.1) is 0 Å². The van der Waals surface area contributed by atoms with Crippen molar-refractivity contribution in [3.63, 3.8) is 0 Å². The fourth-order valence-corrected chi connectivity index (χ4v) is 3.91. The smallest absolute Gasteiger partial charge is 0.305 e. The zero-order valence-corrected chi connectivity index (χ0v) is 21.2. The molecule has 0 rings (SSSR count). The highest BCUT2D eigenvalue weighted by Crippen LogP contribution is 2.11. The Hall–Kier alpha value is -1.05. The number of rotatable bonds is 24. The van der Waals surface area contributed by atoms with E-state index >= 15 is 0 Å². The van der Waals surface area contributed by atoms with Crippen LogP contribution in [0.25, 0.3) is 0 Å². The van der Waals surface area contributed by atoms with Crippen LogP contribution in [0, 0.1) is 0 Å². The normalized spacial score (nSPS) is 11.7. The van der Waals surface area contributed by atoms with Crippen molar-refractivity contribution in [1.29, 1.82) is 0 Å². The molecule has 2 nitrogen and oxygen atoms in total. The van der Waals surface area contributed by atoms with Crippen LogP contribution in [0.2, 0.25) is 0 Å². The third-order valence-electron chi connectivity index (χ3n) is 6.03. The molecule has 0 aliphatic rings. The highest BCUT2D eigenvalue weighted by atomic mass is 16.5. The Bertz CT molecular complexity index is 411. The standard InChI is InChI=1S/C29H54O2/c1-3-4-5-6-7-8-9-10-11-12-13-14-15-16-17-18-19-20-21-22-23-24-25-26-27-28-29(30)31-2/h10-11,19-20H,3-9,12-18,21-28H2,1-2H3. The van der Waals surface area contributed by atoms with Gasteiger partial charge in [0.1, 0.15) is 0 Å². The summed E-state index contributed by atoms with van der Waals surface area (Å²) < 4.78 is 4.66. The number of unbranched alkanes of at least 4 members (excludes halogenated alkanes) is 18. The monoisotopic (exact) mass is 434 g/mol. The van der Waals surface area contributed by atoms with Crippen LogP contribution in [-0.2, 0) is 9.53 Å². The summed E-state index contributed by atoms with van der Waals surface area (Å²) in [5.41, 5.74) is 0. The summed E-state index contributed by atoms with van der Waals surface area (Å²) in [4.78, 5) is 11.0. The highest BCUT2D eigenvalue weighted by molar-refractivity contribution is 5.68. The van der Waals surface area contributed by atoms with Gasteiger partial charge in [-0.05, 0) is 57.8 Å². The molecule has 0 spiro atoms. The number of esters is 1. The first kappa shape index (κ1) is 29.9. The van der Waals surface area contributed by atoms with E-state index < -0.39 is 0 Å².